The van der Waals surface area contributed by atoms with Crippen LogP contribution in [0.4, 0.5) is 0 Å². The molecule has 0 spiro atoms. The summed E-state index contributed by atoms with van der Waals surface area (Å²) in [5.74, 6) is -0.319. The van der Waals surface area contributed by atoms with E-state index < -0.39 is 0 Å². The Hall–Kier alpha value is -0.510. The highest BCUT2D eigenvalue weighted by atomic mass is 32.1. The molecule has 62 valence electrons. The predicted molar refractivity (Wildman–Crippen MR) is 43.9 cm³/mol. The Balaban J connectivity index is 2.67. The van der Waals surface area contributed by atoms with Crippen molar-refractivity contribution in [3.05, 3.63) is 0 Å². The van der Waals surface area contributed by atoms with Gasteiger partial charge in [0.1, 0.15) is 0 Å². The summed E-state index contributed by atoms with van der Waals surface area (Å²) in [6, 6.07) is 0. The second-order valence-electron chi connectivity index (χ2n) is 2.69. The minimum absolute atomic E-state index is 0.00481. The molecule has 3 nitrogen and oxygen atoms in total. The van der Waals surface area contributed by atoms with Crippen molar-refractivity contribution in [1.29, 1.82) is 0 Å². The maximum Gasteiger partial charge on any atom is 0.242 e. The fraction of sp³-hybridized carbons (Fsp3) is 0.714. The van der Waals surface area contributed by atoms with Gasteiger partial charge in [-0.1, -0.05) is 19.7 Å². The number of thiol groups is 1. The molecule has 0 aromatic heterocycles. The van der Waals surface area contributed by atoms with Crippen molar-refractivity contribution in [3.8, 4) is 0 Å². The van der Waals surface area contributed by atoms with Crippen molar-refractivity contribution in [2.75, 3.05) is 0 Å². The molecule has 1 unspecified atom stereocenters. The summed E-state index contributed by atoms with van der Waals surface area (Å²) in [6.45, 7) is 1.94. The molecule has 1 aliphatic rings. The van der Waals surface area contributed by atoms with Gasteiger partial charge in [0.05, 0.1) is 0 Å². The van der Waals surface area contributed by atoms with E-state index in [-0.39, 0.29) is 17.7 Å². The van der Waals surface area contributed by atoms with Gasteiger partial charge in [0, 0.05) is 12.3 Å². The average Bonchev–Trinajstić information content (AvgIpc) is 2.01. The van der Waals surface area contributed by atoms with Crippen molar-refractivity contribution in [1.82, 2.24) is 4.31 Å². The zero-order valence-corrected chi connectivity index (χ0v) is 7.30. The second kappa shape index (κ2) is 3.26. The van der Waals surface area contributed by atoms with Gasteiger partial charge in [-0.3, -0.25) is 9.59 Å². The van der Waals surface area contributed by atoms with Crippen LogP contribution in [0.15, 0.2) is 0 Å². The Morgan fingerprint density at radius 2 is 2.27 bits per heavy atom. The third kappa shape index (κ3) is 1.56. The molecule has 2 amide bonds. The summed E-state index contributed by atoms with van der Waals surface area (Å²) in [5, 5.41) is 0. The first kappa shape index (κ1) is 8.59. The average molecular weight is 173 g/mol. The van der Waals surface area contributed by atoms with Crippen molar-refractivity contribution < 1.29 is 9.59 Å². The molecule has 0 N–H and O–H groups in total. The fourth-order valence-corrected chi connectivity index (χ4v) is 1.46. The van der Waals surface area contributed by atoms with E-state index >= 15 is 0 Å². The minimum Gasteiger partial charge on any atom is -0.273 e. The number of hydrogen-bond acceptors (Lipinski definition) is 3. The largest absolute Gasteiger partial charge is 0.273 e. The number of rotatable bonds is 1. The molecule has 1 saturated heterocycles. The van der Waals surface area contributed by atoms with Crippen molar-refractivity contribution in [3.63, 3.8) is 0 Å². The molecule has 0 aromatic carbocycles. The highest BCUT2D eigenvalue weighted by Crippen LogP contribution is 2.22. The van der Waals surface area contributed by atoms with E-state index in [1.54, 1.807) is 0 Å². The smallest absolute Gasteiger partial charge is 0.242 e. The van der Waals surface area contributed by atoms with Crippen LogP contribution in [0.1, 0.15) is 26.2 Å². The molecule has 0 aromatic rings. The lowest BCUT2D eigenvalue weighted by atomic mass is 9.96. The van der Waals surface area contributed by atoms with Gasteiger partial charge in [-0.2, -0.15) is 0 Å². The summed E-state index contributed by atoms with van der Waals surface area (Å²) in [5.41, 5.74) is 0. The number of imide groups is 1. The molecule has 1 aliphatic heterocycles. The fourth-order valence-electron chi connectivity index (χ4n) is 1.20. The topological polar surface area (TPSA) is 37.4 Å². The Bertz CT molecular complexity index is 193. The number of piperidine rings is 1. The lowest BCUT2D eigenvalue weighted by molar-refractivity contribution is -0.144. The van der Waals surface area contributed by atoms with Crippen LogP contribution >= 0.6 is 12.8 Å². The van der Waals surface area contributed by atoms with Crippen molar-refractivity contribution in [2.24, 2.45) is 5.92 Å². The zero-order chi connectivity index (χ0) is 8.43. The number of hydrogen-bond donors (Lipinski definition) is 1. The van der Waals surface area contributed by atoms with Crippen LogP contribution in [0.5, 0.6) is 0 Å². The number of carbonyl (C=O) groups is 2. The highest BCUT2D eigenvalue weighted by Gasteiger charge is 2.30. The summed E-state index contributed by atoms with van der Waals surface area (Å²) in [4.78, 5) is 22.1. The first-order valence-corrected chi connectivity index (χ1v) is 4.12. The van der Waals surface area contributed by atoms with E-state index in [0.717, 1.165) is 10.7 Å². The first-order valence-electron chi connectivity index (χ1n) is 3.72. The van der Waals surface area contributed by atoms with Crippen LogP contribution < -0.4 is 0 Å². The summed E-state index contributed by atoms with van der Waals surface area (Å²) in [7, 11) is 0. The molecule has 1 atom stereocenters. The quantitative estimate of drug-likeness (QED) is 0.474. The van der Waals surface area contributed by atoms with Crippen LogP contribution in [-0.4, -0.2) is 16.1 Å². The first-order chi connectivity index (χ1) is 5.16. The third-order valence-corrected chi connectivity index (χ3v) is 2.41. The van der Waals surface area contributed by atoms with E-state index in [0.29, 0.717) is 12.8 Å². The van der Waals surface area contributed by atoms with Gasteiger partial charge in [-0.25, -0.2) is 4.31 Å². The van der Waals surface area contributed by atoms with E-state index in [2.05, 4.69) is 12.8 Å². The van der Waals surface area contributed by atoms with Crippen molar-refractivity contribution in [2.45, 2.75) is 26.2 Å². The molecule has 1 fully saturated rings. The monoisotopic (exact) mass is 173 g/mol. The van der Waals surface area contributed by atoms with Gasteiger partial charge in [-0.05, 0) is 12.8 Å². The Morgan fingerprint density at radius 3 is 2.82 bits per heavy atom. The molecule has 0 saturated carbocycles. The van der Waals surface area contributed by atoms with Crippen LogP contribution in [-0.2, 0) is 9.59 Å². The van der Waals surface area contributed by atoms with Gasteiger partial charge < -0.3 is 0 Å². The molecule has 1 heterocycles. The van der Waals surface area contributed by atoms with Crippen LogP contribution in [0.2, 0.25) is 0 Å². The minimum atomic E-state index is -0.178. The molecule has 0 bridgehead atoms. The Morgan fingerprint density at radius 1 is 1.64 bits per heavy atom. The van der Waals surface area contributed by atoms with Gasteiger partial charge in [0.2, 0.25) is 11.8 Å². The number of amides is 2. The summed E-state index contributed by atoms with van der Waals surface area (Å²) >= 11 is 3.80. The summed E-state index contributed by atoms with van der Waals surface area (Å²) < 4.78 is 0.942. The Labute approximate surface area is 71.3 Å². The number of nitrogens with zero attached hydrogens (tertiary/aromatic N) is 1. The standard InChI is InChI=1S/C7H11NO2S/c1-2-5-3-4-6(9)8(11)7(5)10/h5,11H,2-4H2,1H3. The van der Waals surface area contributed by atoms with E-state index in [1.165, 1.54) is 0 Å². The van der Waals surface area contributed by atoms with Crippen molar-refractivity contribution >= 4 is 24.6 Å². The lowest BCUT2D eigenvalue weighted by Gasteiger charge is -2.25. The van der Waals surface area contributed by atoms with Gasteiger partial charge >= 0.3 is 0 Å². The molecular weight excluding hydrogens is 162 g/mol. The third-order valence-electron chi connectivity index (χ3n) is 1.99. The highest BCUT2D eigenvalue weighted by molar-refractivity contribution is 7.79. The number of carbonyl (C=O) groups excluding carboxylic acids is 2. The molecule has 4 heteroatoms. The summed E-state index contributed by atoms with van der Waals surface area (Å²) in [6.07, 6.45) is 1.93. The van der Waals surface area contributed by atoms with Gasteiger partial charge in [0.15, 0.2) is 0 Å². The van der Waals surface area contributed by atoms with E-state index in [4.69, 9.17) is 0 Å². The SMILES string of the molecule is CCC1CCC(=O)N(S)C1=O. The normalized spacial score (nSPS) is 26.0. The second-order valence-corrected chi connectivity index (χ2v) is 3.09. The molecule has 11 heavy (non-hydrogen) atoms. The maximum atomic E-state index is 11.2. The zero-order valence-electron chi connectivity index (χ0n) is 6.41. The molecular formula is C7H11NO2S. The van der Waals surface area contributed by atoms with Crippen LogP contribution in [0.3, 0.4) is 0 Å². The van der Waals surface area contributed by atoms with Crippen LogP contribution in [0, 0.1) is 5.92 Å². The Kier molecular flexibility index (Phi) is 2.54. The van der Waals surface area contributed by atoms with E-state index in [9.17, 15) is 9.59 Å². The van der Waals surface area contributed by atoms with Gasteiger partial charge in [0.25, 0.3) is 0 Å². The maximum absolute atomic E-state index is 11.2. The van der Waals surface area contributed by atoms with Crippen LogP contribution in [0.25, 0.3) is 0 Å². The molecule has 1 rings (SSSR count). The predicted octanol–water partition coefficient (Wildman–Crippen LogP) is 1.01. The molecule has 0 aliphatic carbocycles. The van der Waals surface area contributed by atoms with Gasteiger partial charge in [-0.15, -0.1) is 0 Å². The van der Waals surface area contributed by atoms with E-state index in [1.807, 2.05) is 6.92 Å². The lowest BCUT2D eigenvalue weighted by Crippen LogP contribution is -2.38. The molecule has 0 radical (unpaired) electrons.